The monoisotopic (exact) mass is 248 g/mol. The fourth-order valence-electron chi connectivity index (χ4n) is 3.42. The summed E-state index contributed by atoms with van der Waals surface area (Å²) in [7, 11) is 0. The van der Waals surface area contributed by atoms with Crippen LogP contribution in [0.5, 0.6) is 0 Å². The van der Waals surface area contributed by atoms with Gasteiger partial charge in [-0.15, -0.1) is 0 Å². The van der Waals surface area contributed by atoms with Crippen molar-refractivity contribution < 1.29 is 4.39 Å². The predicted octanol–water partition coefficient (Wildman–Crippen LogP) is 3.08. The van der Waals surface area contributed by atoms with Gasteiger partial charge in [0.25, 0.3) is 0 Å². The molecule has 1 aromatic carbocycles. The number of halogens is 1. The number of rotatable bonds is 2. The lowest BCUT2D eigenvalue weighted by Crippen LogP contribution is -2.50. The van der Waals surface area contributed by atoms with Crippen molar-refractivity contribution in [2.45, 2.75) is 38.6 Å². The highest BCUT2D eigenvalue weighted by molar-refractivity contribution is 5.47. The first-order valence-corrected chi connectivity index (χ1v) is 6.90. The Bertz CT molecular complexity index is 430. The Labute approximate surface area is 108 Å². The van der Waals surface area contributed by atoms with Gasteiger partial charge in [0, 0.05) is 11.7 Å². The van der Waals surface area contributed by atoms with Crippen molar-refractivity contribution in [3.63, 3.8) is 0 Å². The fourth-order valence-corrected chi connectivity index (χ4v) is 3.42. The molecule has 1 aromatic rings. The summed E-state index contributed by atoms with van der Waals surface area (Å²) < 4.78 is 13.2. The van der Waals surface area contributed by atoms with Crippen LogP contribution in [0, 0.1) is 18.2 Å². The summed E-state index contributed by atoms with van der Waals surface area (Å²) in [4.78, 5) is 0. The van der Waals surface area contributed by atoms with Crippen LogP contribution in [0.15, 0.2) is 18.2 Å². The van der Waals surface area contributed by atoms with Crippen molar-refractivity contribution in [1.29, 1.82) is 0 Å². The average Bonchev–Trinajstić information content (AvgIpc) is 2.33. The maximum atomic E-state index is 13.2. The summed E-state index contributed by atoms with van der Waals surface area (Å²) in [6.07, 6.45) is 5.16. The Morgan fingerprint density at radius 2 is 2.00 bits per heavy atom. The summed E-state index contributed by atoms with van der Waals surface area (Å²) in [6, 6.07) is 5.88. The molecule has 0 unspecified atom stereocenters. The van der Waals surface area contributed by atoms with Gasteiger partial charge in [0.2, 0.25) is 0 Å². The molecule has 0 bridgehead atoms. The van der Waals surface area contributed by atoms with Gasteiger partial charge in [-0.25, -0.2) is 4.39 Å². The third kappa shape index (κ3) is 2.24. The third-order valence-corrected chi connectivity index (χ3v) is 4.55. The molecule has 3 heteroatoms. The minimum atomic E-state index is -0.121. The third-order valence-electron chi connectivity index (χ3n) is 4.55. The Balaban J connectivity index is 1.57. The highest BCUT2D eigenvalue weighted by Crippen LogP contribution is 2.48. The molecule has 1 spiro atoms. The van der Waals surface area contributed by atoms with Gasteiger partial charge in [-0.2, -0.15) is 0 Å². The fraction of sp³-hybridized carbons (Fsp3) is 0.600. The van der Waals surface area contributed by atoms with Crippen LogP contribution in [0.3, 0.4) is 0 Å². The maximum Gasteiger partial charge on any atom is 0.126 e. The minimum Gasteiger partial charge on any atom is -0.382 e. The Morgan fingerprint density at radius 3 is 2.67 bits per heavy atom. The Hall–Kier alpha value is -1.09. The number of hydrogen-bond acceptors (Lipinski definition) is 2. The number of hydrogen-bond donors (Lipinski definition) is 2. The molecule has 18 heavy (non-hydrogen) atoms. The van der Waals surface area contributed by atoms with E-state index in [0.29, 0.717) is 11.5 Å². The SMILES string of the molecule is Cc1cc(NC2CC3(CCNCC3)C2)ccc1F. The molecular formula is C15H21FN2. The maximum absolute atomic E-state index is 13.2. The molecule has 3 rings (SSSR count). The van der Waals surface area contributed by atoms with Gasteiger partial charge < -0.3 is 10.6 Å². The average molecular weight is 248 g/mol. The van der Waals surface area contributed by atoms with E-state index < -0.39 is 0 Å². The smallest absolute Gasteiger partial charge is 0.126 e. The van der Waals surface area contributed by atoms with Crippen LogP contribution >= 0.6 is 0 Å². The predicted molar refractivity (Wildman–Crippen MR) is 72.3 cm³/mol. The van der Waals surface area contributed by atoms with E-state index in [1.807, 2.05) is 19.1 Å². The summed E-state index contributed by atoms with van der Waals surface area (Å²) >= 11 is 0. The van der Waals surface area contributed by atoms with Gasteiger partial charge in [0.1, 0.15) is 5.82 Å². The summed E-state index contributed by atoms with van der Waals surface area (Å²) in [5, 5.41) is 6.96. The molecule has 2 N–H and O–H groups in total. The molecule has 0 amide bonds. The van der Waals surface area contributed by atoms with Crippen LogP contribution in [-0.4, -0.2) is 19.1 Å². The van der Waals surface area contributed by atoms with E-state index in [1.165, 1.54) is 38.8 Å². The molecule has 0 radical (unpaired) electrons. The number of aryl methyl sites for hydroxylation is 1. The number of piperidine rings is 1. The van der Waals surface area contributed by atoms with Crippen LogP contribution in [0.2, 0.25) is 0 Å². The van der Waals surface area contributed by atoms with Gasteiger partial charge in [-0.1, -0.05) is 0 Å². The molecule has 2 fully saturated rings. The number of anilines is 1. The largest absolute Gasteiger partial charge is 0.382 e. The zero-order valence-corrected chi connectivity index (χ0v) is 10.9. The second-order valence-electron chi connectivity index (χ2n) is 5.96. The normalized spacial score (nSPS) is 22.8. The van der Waals surface area contributed by atoms with Crippen LogP contribution in [0.1, 0.15) is 31.2 Å². The standard InChI is InChI=1S/C15H21FN2/c1-11-8-12(2-3-14(11)16)18-13-9-15(10-13)4-6-17-7-5-15/h2-3,8,13,17-18H,4-7,9-10H2,1H3. The lowest BCUT2D eigenvalue weighted by atomic mass is 9.60. The van der Waals surface area contributed by atoms with Gasteiger partial charge in [-0.3, -0.25) is 0 Å². The van der Waals surface area contributed by atoms with E-state index in [2.05, 4.69) is 10.6 Å². The molecule has 2 nitrogen and oxygen atoms in total. The van der Waals surface area contributed by atoms with Gasteiger partial charge in [0.05, 0.1) is 0 Å². The summed E-state index contributed by atoms with van der Waals surface area (Å²) in [5.41, 5.74) is 2.37. The van der Waals surface area contributed by atoms with Crippen molar-refractivity contribution >= 4 is 5.69 Å². The van der Waals surface area contributed by atoms with E-state index in [0.717, 1.165) is 11.3 Å². The lowest BCUT2D eigenvalue weighted by Gasteiger charge is -2.50. The molecule has 1 aliphatic carbocycles. The van der Waals surface area contributed by atoms with Crippen molar-refractivity contribution in [3.8, 4) is 0 Å². The number of benzene rings is 1. The molecule has 1 saturated heterocycles. The second-order valence-corrected chi connectivity index (χ2v) is 5.96. The first-order valence-electron chi connectivity index (χ1n) is 6.90. The van der Waals surface area contributed by atoms with Gasteiger partial charge in [0.15, 0.2) is 0 Å². The van der Waals surface area contributed by atoms with Crippen LogP contribution in [-0.2, 0) is 0 Å². The minimum absolute atomic E-state index is 0.121. The first kappa shape index (κ1) is 12.0. The number of nitrogens with one attached hydrogen (secondary N) is 2. The van der Waals surface area contributed by atoms with Crippen LogP contribution in [0.4, 0.5) is 10.1 Å². The first-order chi connectivity index (χ1) is 8.67. The van der Waals surface area contributed by atoms with E-state index in [9.17, 15) is 4.39 Å². The quantitative estimate of drug-likeness (QED) is 0.840. The van der Waals surface area contributed by atoms with Crippen molar-refractivity contribution in [2.24, 2.45) is 5.41 Å². The molecule has 2 aliphatic rings. The molecule has 1 aliphatic heterocycles. The molecular weight excluding hydrogens is 227 g/mol. The summed E-state index contributed by atoms with van der Waals surface area (Å²) in [5.74, 6) is -0.121. The van der Waals surface area contributed by atoms with E-state index in [-0.39, 0.29) is 5.82 Å². The zero-order chi connectivity index (χ0) is 12.6. The van der Waals surface area contributed by atoms with Gasteiger partial charge >= 0.3 is 0 Å². The lowest BCUT2D eigenvalue weighted by molar-refractivity contribution is 0.0718. The Kier molecular flexibility index (Phi) is 3.02. The summed E-state index contributed by atoms with van der Waals surface area (Å²) in [6.45, 7) is 4.15. The topological polar surface area (TPSA) is 24.1 Å². The van der Waals surface area contributed by atoms with Crippen molar-refractivity contribution in [3.05, 3.63) is 29.6 Å². The Morgan fingerprint density at radius 1 is 1.28 bits per heavy atom. The molecule has 1 saturated carbocycles. The van der Waals surface area contributed by atoms with E-state index in [1.54, 1.807) is 6.07 Å². The van der Waals surface area contributed by atoms with E-state index >= 15 is 0 Å². The zero-order valence-electron chi connectivity index (χ0n) is 10.9. The highest BCUT2D eigenvalue weighted by Gasteiger charge is 2.44. The molecule has 98 valence electrons. The van der Waals surface area contributed by atoms with Crippen molar-refractivity contribution in [2.75, 3.05) is 18.4 Å². The van der Waals surface area contributed by atoms with Crippen LogP contribution < -0.4 is 10.6 Å². The molecule has 1 heterocycles. The van der Waals surface area contributed by atoms with Crippen molar-refractivity contribution in [1.82, 2.24) is 5.32 Å². The van der Waals surface area contributed by atoms with E-state index in [4.69, 9.17) is 0 Å². The molecule has 0 aromatic heterocycles. The van der Waals surface area contributed by atoms with Crippen LogP contribution in [0.25, 0.3) is 0 Å². The van der Waals surface area contributed by atoms with Gasteiger partial charge in [-0.05, 0) is 74.9 Å². The highest BCUT2D eigenvalue weighted by atomic mass is 19.1. The molecule has 0 atom stereocenters. The second kappa shape index (κ2) is 4.54.